The van der Waals surface area contributed by atoms with Crippen LogP contribution in [0.25, 0.3) is 0 Å². The summed E-state index contributed by atoms with van der Waals surface area (Å²) < 4.78 is 11.0. The van der Waals surface area contributed by atoms with Gasteiger partial charge in [-0.1, -0.05) is 0 Å². The zero-order chi connectivity index (χ0) is 13.5. The van der Waals surface area contributed by atoms with Crippen molar-refractivity contribution in [1.82, 2.24) is 9.97 Å². The first-order valence-corrected chi connectivity index (χ1v) is 6.16. The van der Waals surface area contributed by atoms with E-state index in [0.717, 1.165) is 23.0 Å². The average molecular weight is 259 g/mol. The van der Waals surface area contributed by atoms with Gasteiger partial charge in [-0.3, -0.25) is 4.98 Å². The summed E-state index contributed by atoms with van der Waals surface area (Å²) in [5.74, 6) is 2.36. The highest BCUT2D eigenvalue weighted by Gasteiger charge is 1.99. The molecule has 2 aromatic rings. The Morgan fingerprint density at radius 3 is 2.21 bits per heavy atom. The molecule has 0 radical (unpaired) electrons. The third-order valence-electron chi connectivity index (χ3n) is 2.48. The molecule has 0 saturated carbocycles. The highest BCUT2D eigenvalue weighted by Crippen LogP contribution is 2.18. The second-order valence-electron chi connectivity index (χ2n) is 3.84. The van der Waals surface area contributed by atoms with E-state index in [1.807, 2.05) is 31.2 Å². The van der Waals surface area contributed by atoms with Gasteiger partial charge < -0.3 is 14.8 Å². The van der Waals surface area contributed by atoms with Gasteiger partial charge in [0.05, 0.1) is 24.7 Å². The second kappa shape index (κ2) is 6.58. The lowest BCUT2D eigenvalue weighted by atomic mass is 10.3. The summed E-state index contributed by atoms with van der Waals surface area (Å²) in [6.07, 6.45) is 3.37. The lowest BCUT2D eigenvalue weighted by Crippen LogP contribution is -2.01. The first-order valence-electron chi connectivity index (χ1n) is 6.16. The molecule has 100 valence electrons. The van der Waals surface area contributed by atoms with Crippen LogP contribution in [0.5, 0.6) is 11.5 Å². The van der Waals surface area contributed by atoms with Crippen molar-refractivity contribution in [3.63, 3.8) is 0 Å². The Kier molecular flexibility index (Phi) is 4.55. The van der Waals surface area contributed by atoms with Crippen molar-refractivity contribution in [2.75, 3.05) is 19.0 Å². The van der Waals surface area contributed by atoms with Crippen molar-refractivity contribution in [2.45, 2.75) is 13.5 Å². The van der Waals surface area contributed by atoms with Crippen LogP contribution in [-0.2, 0) is 6.61 Å². The zero-order valence-corrected chi connectivity index (χ0v) is 11.1. The maximum atomic E-state index is 5.62. The summed E-state index contributed by atoms with van der Waals surface area (Å²) in [5.41, 5.74) is 0.785. The van der Waals surface area contributed by atoms with E-state index >= 15 is 0 Å². The number of nitrogens with zero attached hydrogens (tertiary/aromatic N) is 2. The third-order valence-corrected chi connectivity index (χ3v) is 2.48. The molecule has 5 nitrogen and oxygen atoms in total. The minimum Gasteiger partial charge on any atom is -0.494 e. The molecule has 1 N–H and O–H groups in total. The number of anilines is 1. The predicted octanol–water partition coefficient (Wildman–Crippen LogP) is 2.50. The standard InChI is InChI=1S/C14H17N3O2/c1-3-18-12-4-6-13(7-5-12)19-10-11-8-17-14(15-2)9-16-11/h4-9H,3,10H2,1-2H3,(H,15,17). The van der Waals surface area contributed by atoms with Gasteiger partial charge in [0.2, 0.25) is 0 Å². The Hall–Kier alpha value is -2.30. The van der Waals surface area contributed by atoms with Gasteiger partial charge in [-0.25, -0.2) is 4.98 Å². The average Bonchev–Trinajstić information content (AvgIpc) is 2.47. The topological polar surface area (TPSA) is 56.3 Å². The van der Waals surface area contributed by atoms with Gasteiger partial charge in [0.1, 0.15) is 23.9 Å². The van der Waals surface area contributed by atoms with Crippen LogP contribution in [0.4, 0.5) is 5.82 Å². The first kappa shape index (κ1) is 13.1. The van der Waals surface area contributed by atoms with Crippen LogP contribution < -0.4 is 14.8 Å². The van der Waals surface area contributed by atoms with Gasteiger partial charge in [0.25, 0.3) is 0 Å². The quantitative estimate of drug-likeness (QED) is 0.863. The molecule has 0 unspecified atom stereocenters. The Bertz CT molecular complexity index is 497. The number of nitrogens with one attached hydrogen (secondary N) is 1. The van der Waals surface area contributed by atoms with Crippen LogP contribution in [0.1, 0.15) is 12.6 Å². The van der Waals surface area contributed by atoms with Crippen molar-refractivity contribution < 1.29 is 9.47 Å². The van der Waals surface area contributed by atoms with E-state index < -0.39 is 0 Å². The minimum absolute atomic E-state index is 0.394. The van der Waals surface area contributed by atoms with Gasteiger partial charge in [-0.2, -0.15) is 0 Å². The number of ether oxygens (including phenoxy) is 2. The summed E-state index contributed by atoms with van der Waals surface area (Å²) >= 11 is 0. The van der Waals surface area contributed by atoms with E-state index in [-0.39, 0.29) is 0 Å². The van der Waals surface area contributed by atoms with E-state index in [9.17, 15) is 0 Å². The van der Waals surface area contributed by atoms with Crippen LogP contribution in [0.15, 0.2) is 36.7 Å². The fourth-order valence-corrected chi connectivity index (χ4v) is 1.51. The maximum absolute atomic E-state index is 5.62. The van der Waals surface area contributed by atoms with Crippen LogP contribution in [0.3, 0.4) is 0 Å². The molecule has 0 saturated heterocycles. The molecule has 0 atom stereocenters. The molecule has 1 aromatic carbocycles. The summed E-state index contributed by atoms with van der Waals surface area (Å²) in [6.45, 7) is 3.01. The van der Waals surface area contributed by atoms with Gasteiger partial charge in [-0.05, 0) is 31.2 Å². The molecule has 0 spiro atoms. The van der Waals surface area contributed by atoms with E-state index in [1.165, 1.54) is 0 Å². The molecule has 5 heteroatoms. The minimum atomic E-state index is 0.394. The zero-order valence-electron chi connectivity index (χ0n) is 11.1. The molecule has 0 amide bonds. The molecule has 19 heavy (non-hydrogen) atoms. The van der Waals surface area contributed by atoms with E-state index in [0.29, 0.717) is 13.2 Å². The van der Waals surface area contributed by atoms with Crippen molar-refractivity contribution in [3.05, 3.63) is 42.4 Å². The second-order valence-corrected chi connectivity index (χ2v) is 3.84. The molecule has 1 heterocycles. The van der Waals surface area contributed by atoms with Crippen LogP contribution >= 0.6 is 0 Å². The SMILES string of the molecule is CCOc1ccc(OCc2cnc(NC)cn2)cc1. The number of benzene rings is 1. The van der Waals surface area contributed by atoms with Crippen LogP contribution in [-0.4, -0.2) is 23.6 Å². The highest BCUT2D eigenvalue weighted by molar-refractivity contribution is 5.32. The summed E-state index contributed by atoms with van der Waals surface area (Å²) in [4.78, 5) is 8.41. The Balaban J connectivity index is 1.90. The molecule has 2 rings (SSSR count). The Morgan fingerprint density at radius 1 is 1.00 bits per heavy atom. The Labute approximate surface area is 112 Å². The van der Waals surface area contributed by atoms with E-state index in [4.69, 9.17) is 9.47 Å². The normalized spacial score (nSPS) is 10.0. The van der Waals surface area contributed by atoms with Crippen LogP contribution in [0.2, 0.25) is 0 Å². The van der Waals surface area contributed by atoms with Crippen molar-refractivity contribution in [3.8, 4) is 11.5 Å². The summed E-state index contributed by atoms with van der Waals surface area (Å²) in [5, 5.41) is 2.92. The summed E-state index contributed by atoms with van der Waals surface area (Å²) in [7, 11) is 1.81. The molecule has 1 aromatic heterocycles. The van der Waals surface area contributed by atoms with Crippen molar-refractivity contribution in [2.24, 2.45) is 0 Å². The molecule has 0 fully saturated rings. The van der Waals surface area contributed by atoms with E-state index in [1.54, 1.807) is 19.4 Å². The number of hydrogen-bond donors (Lipinski definition) is 1. The molecule has 0 bridgehead atoms. The number of hydrogen-bond acceptors (Lipinski definition) is 5. The van der Waals surface area contributed by atoms with Crippen molar-refractivity contribution >= 4 is 5.82 Å². The smallest absolute Gasteiger partial charge is 0.144 e. The lowest BCUT2D eigenvalue weighted by molar-refractivity contribution is 0.299. The van der Waals surface area contributed by atoms with Crippen LogP contribution in [0, 0.1) is 0 Å². The molecule has 0 aliphatic carbocycles. The molecular weight excluding hydrogens is 242 g/mol. The third kappa shape index (κ3) is 3.84. The molecular formula is C14H17N3O2. The molecule has 0 aliphatic rings. The van der Waals surface area contributed by atoms with Gasteiger partial charge >= 0.3 is 0 Å². The highest BCUT2D eigenvalue weighted by atomic mass is 16.5. The largest absolute Gasteiger partial charge is 0.494 e. The molecule has 0 aliphatic heterocycles. The number of aromatic nitrogens is 2. The summed E-state index contributed by atoms with van der Waals surface area (Å²) in [6, 6.07) is 7.52. The van der Waals surface area contributed by atoms with Gasteiger partial charge in [0.15, 0.2) is 0 Å². The van der Waals surface area contributed by atoms with E-state index in [2.05, 4.69) is 15.3 Å². The van der Waals surface area contributed by atoms with Gasteiger partial charge in [-0.15, -0.1) is 0 Å². The van der Waals surface area contributed by atoms with Crippen molar-refractivity contribution in [1.29, 1.82) is 0 Å². The number of rotatable bonds is 6. The fourth-order valence-electron chi connectivity index (χ4n) is 1.51. The van der Waals surface area contributed by atoms with Gasteiger partial charge in [0, 0.05) is 7.05 Å². The fraction of sp³-hybridized carbons (Fsp3) is 0.286. The maximum Gasteiger partial charge on any atom is 0.144 e. The lowest BCUT2D eigenvalue weighted by Gasteiger charge is -2.07. The predicted molar refractivity (Wildman–Crippen MR) is 73.5 cm³/mol. The Morgan fingerprint density at radius 2 is 1.68 bits per heavy atom. The monoisotopic (exact) mass is 259 g/mol. The first-order chi connectivity index (χ1) is 9.31.